The Morgan fingerprint density at radius 3 is 2.90 bits per heavy atom. The molecule has 4 nitrogen and oxygen atoms in total. The van der Waals surface area contributed by atoms with Crippen molar-refractivity contribution in [2.45, 2.75) is 64.4 Å². The lowest BCUT2D eigenvalue weighted by Crippen LogP contribution is -2.18. The number of nitrogens with zero attached hydrogens (tertiary/aromatic N) is 2. The molecule has 2 aliphatic rings. The maximum absolute atomic E-state index is 5.72. The van der Waals surface area contributed by atoms with Crippen LogP contribution in [0.1, 0.15) is 56.1 Å². The number of aryl methyl sites for hydroxylation is 1. The van der Waals surface area contributed by atoms with Crippen molar-refractivity contribution in [3.05, 3.63) is 17.1 Å². The molecule has 0 spiro atoms. The van der Waals surface area contributed by atoms with Crippen LogP contribution in [0.25, 0.3) is 0 Å². The van der Waals surface area contributed by atoms with Crippen LogP contribution in [0.5, 0.6) is 0 Å². The third-order valence-electron chi connectivity index (χ3n) is 4.21. The van der Waals surface area contributed by atoms with Gasteiger partial charge in [0.2, 0.25) is 0 Å². The van der Waals surface area contributed by atoms with Gasteiger partial charge in [-0.1, -0.05) is 6.92 Å². The Morgan fingerprint density at radius 2 is 2.10 bits per heavy atom. The summed E-state index contributed by atoms with van der Waals surface area (Å²) >= 11 is 0. The maximum atomic E-state index is 5.72. The Morgan fingerprint density at radius 1 is 1.20 bits per heavy atom. The molecule has 4 heteroatoms. The molecule has 2 heterocycles. The second-order valence-corrected chi connectivity index (χ2v) is 5.89. The SMILES string of the molecule is CCCNc1nc(CC2CCCO2)nc2c1CCCC2. The van der Waals surface area contributed by atoms with Gasteiger partial charge in [0.15, 0.2) is 0 Å². The first-order valence-corrected chi connectivity index (χ1v) is 8.11. The molecule has 1 aromatic heterocycles. The van der Waals surface area contributed by atoms with E-state index in [4.69, 9.17) is 14.7 Å². The van der Waals surface area contributed by atoms with Crippen molar-refractivity contribution in [2.75, 3.05) is 18.5 Å². The number of nitrogens with one attached hydrogen (secondary N) is 1. The lowest BCUT2D eigenvalue weighted by atomic mass is 9.96. The fourth-order valence-electron chi connectivity index (χ4n) is 3.14. The summed E-state index contributed by atoms with van der Waals surface area (Å²) in [7, 11) is 0. The van der Waals surface area contributed by atoms with Crippen LogP contribution in [0.15, 0.2) is 0 Å². The summed E-state index contributed by atoms with van der Waals surface area (Å²) in [4.78, 5) is 9.60. The van der Waals surface area contributed by atoms with Gasteiger partial charge < -0.3 is 10.1 Å². The van der Waals surface area contributed by atoms with Gasteiger partial charge >= 0.3 is 0 Å². The molecular formula is C16H25N3O. The van der Waals surface area contributed by atoms with Crippen LogP contribution in [0.2, 0.25) is 0 Å². The predicted molar refractivity (Wildman–Crippen MR) is 80.1 cm³/mol. The first-order chi connectivity index (χ1) is 9.86. The van der Waals surface area contributed by atoms with Gasteiger partial charge in [0, 0.05) is 30.8 Å². The van der Waals surface area contributed by atoms with Gasteiger partial charge in [-0.2, -0.15) is 0 Å². The molecule has 1 unspecified atom stereocenters. The summed E-state index contributed by atoms with van der Waals surface area (Å²) in [6.07, 6.45) is 9.41. The summed E-state index contributed by atoms with van der Waals surface area (Å²) in [5.41, 5.74) is 2.64. The molecule has 1 aliphatic carbocycles. The van der Waals surface area contributed by atoms with Crippen LogP contribution in [0.3, 0.4) is 0 Å². The molecule has 20 heavy (non-hydrogen) atoms. The van der Waals surface area contributed by atoms with Crippen LogP contribution in [-0.4, -0.2) is 29.2 Å². The van der Waals surface area contributed by atoms with Crippen LogP contribution in [0.4, 0.5) is 5.82 Å². The van der Waals surface area contributed by atoms with Crippen molar-refractivity contribution in [1.82, 2.24) is 9.97 Å². The van der Waals surface area contributed by atoms with Crippen LogP contribution < -0.4 is 5.32 Å². The number of rotatable bonds is 5. The highest BCUT2D eigenvalue weighted by Gasteiger charge is 2.21. The van der Waals surface area contributed by atoms with E-state index in [-0.39, 0.29) is 0 Å². The third kappa shape index (κ3) is 3.11. The summed E-state index contributed by atoms with van der Waals surface area (Å²) in [5.74, 6) is 2.06. The van der Waals surface area contributed by atoms with Crippen LogP contribution in [0, 0.1) is 0 Å². The largest absolute Gasteiger partial charge is 0.378 e. The Labute approximate surface area is 121 Å². The monoisotopic (exact) mass is 275 g/mol. The molecule has 0 saturated carbocycles. The van der Waals surface area contributed by atoms with E-state index in [1.54, 1.807) is 0 Å². The van der Waals surface area contributed by atoms with E-state index in [9.17, 15) is 0 Å². The lowest BCUT2D eigenvalue weighted by Gasteiger charge is -2.20. The van der Waals surface area contributed by atoms with Gasteiger partial charge in [0.1, 0.15) is 11.6 Å². The van der Waals surface area contributed by atoms with E-state index in [1.807, 2.05) is 0 Å². The number of ether oxygens (including phenoxy) is 1. The number of aromatic nitrogens is 2. The standard InChI is InChI=1S/C16H25N3O/c1-2-9-17-16-13-7-3-4-8-14(13)18-15(19-16)11-12-6-5-10-20-12/h12H,2-11H2,1H3,(H,17,18,19). The summed E-state index contributed by atoms with van der Waals surface area (Å²) < 4.78 is 5.72. The molecule has 0 bridgehead atoms. The molecule has 1 aromatic rings. The van der Waals surface area contributed by atoms with E-state index in [0.717, 1.165) is 56.9 Å². The number of anilines is 1. The second kappa shape index (κ2) is 6.53. The number of hydrogen-bond acceptors (Lipinski definition) is 4. The second-order valence-electron chi connectivity index (χ2n) is 5.89. The summed E-state index contributed by atoms with van der Waals surface area (Å²) in [6, 6.07) is 0. The molecular weight excluding hydrogens is 250 g/mol. The number of fused-ring (bicyclic) bond motifs is 1. The average molecular weight is 275 g/mol. The molecule has 0 aromatic carbocycles. The van der Waals surface area contributed by atoms with Gasteiger partial charge in [-0.25, -0.2) is 9.97 Å². The smallest absolute Gasteiger partial charge is 0.133 e. The zero-order chi connectivity index (χ0) is 13.8. The highest BCUT2D eigenvalue weighted by Crippen LogP contribution is 2.26. The van der Waals surface area contributed by atoms with Crippen molar-refractivity contribution in [2.24, 2.45) is 0 Å². The minimum atomic E-state index is 0.329. The van der Waals surface area contributed by atoms with Crippen molar-refractivity contribution < 1.29 is 4.74 Å². The highest BCUT2D eigenvalue weighted by molar-refractivity contribution is 5.47. The van der Waals surface area contributed by atoms with Gasteiger partial charge in [0.25, 0.3) is 0 Å². The number of hydrogen-bond donors (Lipinski definition) is 1. The lowest BCUT2D eigenvalue weighted by molar-refractivity contribution is 0.110. The van der Waals surface area contributed by atoms with E-state index in [1.165, 1.54) is 30.5 Å². The molecule has 1 N–H and O–H groups in total. The molecule has 3 rings (SSSR count). The van der Waals surface area contributed by atoms with Gasteiger partial charge in [-0.15, -0.1) is 0 Å². The van der Waals surface area contributed by atoms with Crippen LogP contribution >= 0.6 is 0 Å². The molecule has 1 fully saturated rings. The van der Waals surface area contributed by atoms with Crippen molar-refractivity contribution in [1.29, 1.82) is 0 Å². The summed E-state index contributed by atoms with van der Waals surface area (Å²) in [6.45, 7) is 4.08. The zero-order valence-corrected chi connectivity index (χ0v) is 12.5. The average Bonchev–Trinajstić information content (AvgIpc) is 2.97. The Balaban J connectivity index is 1.82. The van der Waals surface area contributed by atoms with Gasteiger partial charge in [-0.3, -0.25) is 0 Å². The molecule has 1 atom stereocenters. The minimum Gasteiger partial charge on any atom is -0.378 e. The Kier molecular flexibility index (Phi) is 4.51. The molecule has 0 amide bonds. The molecule has 0 radical (unpaired) electrons. The third-order valence-corrected chi connectivity index (χ3v) is 4.21. The van der Waals surface area contributed by atoms with Gasteiger partial charge in [0.05, 0.1) is 6.10 Å². The van der Waals surface area contributed by atoms with Crippen molar-refractivity contribution >= 4 is 5.82 Å². The van der Waals surface area contributed by atoms with Crippen molar-refractivity contribution in [3.8, 4) is 0 Å². The van der Waals surface area contributed by atoms with Gasteiger partial charge in [-0.05, 0) is 44.9 Å². The van der Waals surface area contributed by atoms with Crippen molar-refractivity contribution in [3.63, 3.8) is 0 Å². The molecule has 1 aliphatic heterocycles. The van der Waals surface area contributed by atoms with E-state index >= 15 is 0 Å². The van der Waals surface area contributed by atoms with Crippen LogP contribution in [-0.2, 0) is 24.0 Å². The maximum Gasteiger partial charge on any atom is 0.133 e. The fourth-order valence-corrected chi connectivity index (χ4v) is 3.14. The van der Waals surface area contributed by atoms with E-state index < -0.39 is 0 Å². The normalized spacial score (nSPS) is 21.8. The summed E-state index contributed by atoms with van der Waals surface area (Å²) in [5, 5.41) is 3.50. The predicted octanol–water partition coefficient (Wildman–Crippen LogP) is 2.90. The molecule has 110 valence electrons. The zero-order valence-electron chi connectivity index (χ0n) is 12.5. The van der Waals surface area contributed by atoms with E-state index in [2.05, 4.69) is 12.2 Å². The topological polar surface area (TPSA) is 47.0 Å². The Hall–Kier alpha value is -1.16. The van der Waals surface area contributed by atoms with E-state index in [0.29, 0.717) is 6.10 Å². The Bertz CT molecular complexity index is 455. The quantitative estimate of drug-likeness (QED) is 0.897. The fraction of sp³-hybridized carbons (Fsp3) is 0.750. The first kappa shape index (κ1) is 13.8. The molecule has 1 saturated heterocycles. The first-order valence-electron chi connectivity index (χ1n) is 8.11. The minimum absolute atomic E-state index is 0.329. The highest BCUT2D eigenvalue weighted by atomic mass is 16.5.